The lowest BCUT2D eigenvalue weighted by Gasteiger charge is -2.36. The first-order valence-electron chi connectivity index (χ1n) is 9.88. The smallest absolute Gasteiger partial charge is 0.309 e. The summed E-state index contributed by atoms with van der Waals surface area (Å²) in [6, 6.07) is 0. The number of hydrogen-bond acceptors (Lipinski definition) is 3. The Morgan fingerprint density at radius 3 is 2.12 bits per heavy atom. The van der Waals surface area contributed by atoms with Gasteiger partial charge in [0.1, 0.15) is 0 Å². The molecule has 1 aliphatic carbocycles. The molecule has 1 fully saturated rings. The summed E-state index contributed by atoms with van der Waals surface area (Å²) in [5.41, 5.74) is 0. The van der Waals surface area contributed by atoms with Crippen molar-refractivity contribution < 1.29 is 19.4 Å². The van der Waals surface area contributed by atoms with Gasteiger partial charge in [0.05, 0.1) is 18.4 Å². The zero-order chi connectivity index (χ0) is 17.9. The van der Waals surface area contributed by atoms with Crippen LogP contribution in [-0.2, 0) is 14.3 Å². The predicted octanol–water partition coefficient (Wildman–Crippen LogP) is 5.05. The number of aliphatic carboxylic acids is 1. The van der Waals surface area contributed by atoms with Crippen molar-refractivity contribution in [1.29, 1.82) is 0 Å². The molecule has 0 amide bonds. The van der Waals surface area contributed by atoms with E-state index < -0.39 is 17.8 Å². The van der Waals surface area contributed by atoms with Gasteiger partial charge in [-0.05, 0) is 31.1 Å². The summed E-state index contributed by atoms with van der Waals surface area (Å²) in [7, 11) is 0. The molecule has 4 unspecified atom stereocenters. The molecule has 0 aromatic heterocycles. The number of carbonyl (C=O) groups is 2. The molecule has 1 aliphatic rings. The molecule has 0 bridgehead atoms. The van der Waals surface area contributed by atoms with Gasteiger partial charge >= 0.3 is 11.9 Å². The summed E-state index contributed by atoms with van der Waals surface area (Å²) in [5.74, 6) is -1.85. The quantitative estimate of drug-likeness (QED) is 0.422. The lowest BCUT2D eigenvalue weighted by molar-refractivity contribution is -0.163. The lowest BCUT2D eigenvalue weighted by atomic mass is 9.68. The average molecular weight is 341 g/mol. The molecule has 0 saturated heterocycles. The van der Waals surface area contributed by atoms with Crippen LogP contribution in [0.15, 0.2) is 0 Å². The van der Waals surface area contributed by atoms with Gasteiger partial charge in [-0.1, -0.05) is 65.7 Å². The summed E-state index contributed by atoms with van der Waals surface area (Å²) in [6.07, 6.45) is 11.2. The maximum Gasteiger partial charge on any atom is 0.309 e. The number of rotatable bonds is 11. The monoisotopic (exact) mass is 340 g/mol. The lowest BCUT2D eigenvalue weighted by Crippen LogP contribution is -2.41. The van der Waals surface area contributed by atoms with E-state index in [2.05, 4.69) is 13.8 Å². The molecule has 24 heavy (non-hydrogen) atoms. The number of carboxylic acids is 1. The van der Waals surface area contributed by atoms with Crippen LogP contribution in [-0.4, -0.2) is 23.7 Å². The summed E-state index contributed by atoms with van der Waals surface area (Å²) in [6.45, 7) is 6.67. The second-order valence-electron chi connectivity index (χ2n) is 7.53. The Morgan fingerprint density at radius 1 is 0.958 bits per heavy atom. The highest BCUT2D eigenvalue weighted by Gasteiger charge is 2.43. The molecule has 0 aromatic carbocycles. The zero-order valence-electron chi connectivity index (χ0n) is 15.8. The third kappa shape index (κ3) is 6.82. The summed E-state index contributed by atoms with van der Waals surface area (Å²) >= 11 is 0. The Labute approximate surface area is 147 Å². The second kappa shape index (κ2) is 11.5. The minimum absolute atomic E-state index is 0.0249. The molecule has 0 radical (unpaired) electrons. The molecular weight excluding hydrogens is 304 g/mol. The van der Waals surface area contributed by atoms with Crippen molar-refractivity contribution in [3.05, 3.63) is 0 Å². The molecule has 0 spiro atoms. The van der Waals surface area contributed by atoms with Crippen LogP contribution in [0.2, 0.25) is 0 Å². The Balaban J connectivity index is 2.23. The molecule has 1 rings (SSSR count). The van der Waals surface area contributed by atoms with E-state index >= 15 is 0 Å². The molecular formula is C20H36O4. The molecule has 0 aromatic rings. The van der Waals surface area contributed by atoms with E-state index in [1.54, 1.807) is 0 Å². The number of hydrogen-bond donors (Lipinski definition) is 1. The van der Waals surface area contributed by atoms with E-state index in [1.807, 2.05) is 6.92 Å². The third-order valence-electron chi connectivity index (χ3n) is 5.66. The van der Waals surface area contributed by atoms with Crippen molar-refractivity contribution in [1.82, 2.24) is 0 Å². The fourth-order valence-electron chi connectivity index (χ4n) is 3.78. The Kier molecular flexibility index (Phi) is 10.0. The van der Waals surface area contributed by atoms with Gasteiger partial charge in [0.25, 0.3) is 0 Å². The van der Waals surface area contributed by atoms with Crippen molar-refractivity contribution in [2.45, 2.75) is 85.0 Å². The van der Waals surface area contributed by atoms with Gasteiger partial charge in [0, 0.05) is 0 Å². The van der Waals surface area contributed by atoms with Crippen LogP contribution < -0.4 is 0 Å². The fraction of sp³-hybridized carbons (Fsp3) is 0.900. The number of carbonyl (C=O) groups excluding carboxylic acids is 1. The first-order chi connectivity index (χ1) is 11.5. The molecule has 1 N–H and O–H groups in total. The Bertz CT molecular complexity index is 380. The maximum atomic E-state index is 12.3. The van der Waals surface area contributed by atoms with Gasteiger partial charge in [-0.2, -0.15) is 0 Å². The molecule has 4 nitrogen and oxygen atoms in total. The molecule has 1 saturated carbocycles. The summed E-state index contributed by atoms with van der Waals surface area (Å²) in [4.78, 5) is 23.8. The van der Waals surface area contributed by atoms with Crippen molar-refractivity contribution in [2.75, 3.05) is 6.61 Å². The maximum absolute atomic E-state index is 12.3. The van der Waals surface area contributed by atoms with Gasteiger partial charge < -0.3 is 9.84 Å². The van der Waals surface area contributed by atoms with Crippen LogP contribution in [0.3, 0.4) is 0 Å². The molecule has 0 aliphatic heterocycles. The van der Waals surface area contributed by atoms with Gasteiger partial charge in [0.2, 0.25) is 0 Å². The minimum Gasteiger partial charge on any atom is -0.481 e. The minimum atomic E-state index is -0.858. The van der Waals surface area contributed by atoms with Crippen LogP contribution in [0, 0.1) is 23.7 Å². The standard InChI is InChI=1S/C20H36O4/c1-4-5-6-7-8-9-10-11-14-24-20(23)17-13-12-15(2)16(3)18(17)19(21)22/h15-18H,4-14H2,1-3H3,(H,21,22). The first kappa shape index (κ1) is 21.0. The van der Waals surface area contributed by atoms with Crippen molar-refractivity contribution >= 4 is 11.9 Å². The van der Waals surface area contributed by atoms with Crippen LogP contribution in [0.4, 0.5) is 0 Å². The molecule has 0 heterocycles. The normalized spacial score (nSPS) is 27.0. The van der Waals surface area contributed by atoms with Crippen LogP contribution >= 0.6 is 0 Å². The third-order valence-corrected chi connectivity index (χ3v) is 5.66. The zero-order valence-corrected chi connectivity index (χ0v) is 15.8. The largest absolute Gasteiger partial charge is 0.481 e. The molecule has 4 atom stereocenters. The first-order valence-corrected chi connectivity index (χ1v) is 9.88. The predicted molar refractivity (Wildman–Crippen MR) is 95.7 cm³/mol. The van der Waals surface area contributed by atoms with E-state index in [4.69, 9.17) is 4.74 Å². The summed E-state index contributed by atoms with van der Waals surface area (Å²) < 4.78 is 5.39. The highest BCUT2D eigenvalue weighted by atomic mass is 16.5. The van der Waals surface area contributed by atoms with Crippen LogP contribution in [0.25, 0.3) is 0 Å². The highest BCUT2D eigenvalue weighted by Crippen LogP contribution is 2.39. The van der Waals surface area contributed by atoms with Crippen LogP contribution in [0.1, 0.15) is 85.0 Å². The van der Waals surface area contributed by atoms with Crippen LogP contribution in [0.5, 0.6) is 0 Å². The topological polar surface area (TPSA) is 63.6 Å². The molecule has 140 valence electrons. The van der Waals surface area contributed by atoms with Gasteiger partial charge in [-0.25, -0.2) is 0 Å². The number of ether oxygens (including phenoxy) is 1. The highest BCUT2D eigenvalue weighted by molar-refractivity contribution is 5.81. The van der Waals surface area contributed by atoms with Gasteiger partial charge in [-0.15, -0.1) is 0 Å². The second-order valence-corrected chi connectivity index (χ2v) is 7.53. The van der Waals surface area contributed by atoms with Gasteiger partial charge in [-0.3, -0.25) is 9.59 Å². The van der Waals surface area contributed by atoms with E-state index in [-0.39, 0.29) is 11.9 Å². The molecule has 4 heteroatoms. The van der Waals surface area contributed by atoms with E-state index in [0.29, 0.717) is 18.9 Å². The number of unbranched alkanes of at least 4 members (excludes halogenated alkanes) is 7. The number of carboxylic acid groups (broad SMARTS) is 1. The number of esters is 1. The van der Waals surface area contributed by atoms with E-state index in [0.717, 1.165) is 19.3 Å². The van der Waals surface area contributed by atoms with Crippen molar-refractivity contribution in [3.8, 4) is 0 Å². The fourth-order valence-corrected chi connectivity index (χ4v) is 3.78. The SMILES string of the molecule is CCCCCCCCCCOC(=O)C1CCC(C)C(C)C1C(=O)O. The summed E-state index contributed by atoms with van der Waals surface area (Å²) in [5, 5.41) is 9.47. The average Bonchev–Trinajstić information content (AvgIpc) is 2.55. The van der Waals surface area contributed by atoms with E-state index in [1.165, 1.54) is 38.5 Å². The van der Waals surface area contributed by atoms with Crippen molar-refractivity contribution in [3.63, 3.8) is 0 Å². The van der Waals surface area contributed by atoms with Gasteiger partial charge in [0.15, 0.2) is 0 Å². The Hall–Kier alpha value is -1.06. The van der Waals surface area contributed by atoms with E-state index in [9.17, 15) is 14.7 Å². The Morgan fingerprint density at radius 2 is 1.54 bits per heavy atom. The van der Waals surface area contributed by atoms with Crippen molar-refractivity contribution in [2.24, 2.45) is 23.7 Å².